The summed E-state index contributed by atoms with van der Waals surface area (Å²) in [4.78, 5) is 1.32. The molecule has 2 atom stereocenters. The first-order valence-corrected chi connectivity index (χ1v) is 5.24. The average Bonchev–Trinajstić information content (AvgIpc) is 2.27. The number of rotatable bonds is 3. The molecule has 0 spiro atoms. The molecule has 90 valence electrons. The maximum Gasteiger partial charge on any atom is 0.401 e. The van der Waals surface area contributed by atoms with E-state index in [0.717, 1.165) is 19.3 Å². The summed E-state index contributed by atoms with van der Waals surface area (Å²) < 4.78 is 36.4. The monoisotopic (exact) mass is 224 g/mol. The quantitative estimate of drug-likeness (QED) is 0.794. The number of hydrogen-bond donors (Lipinski definition) is 1. The Kier molecular flexibility index (Phi) is 3.66. The lowest BCUT2D eigenvalue weighted by molar-refractivity contribution is -0.145. The van der Waals surface area contributed by atoms with E-state index in [4.69, 9.17) is 5.73 Å². The molecular formula is C10H19F3N2. The third-order valence-corrected chi connectivity index (χ3v) is 3.24. The second-order valence-corrected chi connectivity index (χ2v) is 4.94. The van der Waals surface area contributed by atoms with Crippen LogP contribution in [0.15, 0.2) is 0 Å². The Morgan fingerprint density at radius 1 is 1.47 bits per heavy atom. The van der Waals surface area contributed by atoms with Crippen LogP contribution in [-0.2, 0) is 0 Å². The molecule has 2 nitrogen and oxygen atoms in total. The van der Waals surface area contributed by atoms with E-state index < -0.39 is 12.7 Å². The lowest BCUT2D eigenvalue weighted by Gasteiger charge is -2.33. The van der Waals surface area contributed by atoms with Crippen molar-refractivity contribution in [1.29, 1.82) is 0 Å². The van der Waals surface area contributed by atoms with Gasteiger partial charge in [0.2, 0.25) is 0 Å². The molecule has 1 aliphatic rings. The number of alkyl halides is 3. The lowest BCUT2D eigenvalue weighted by Crippen LogP contribution is -2.45. The van der Waals surface area contributed by atoms with E-state index >= 15 is 0 Å². The maximum atomic E-state index is 12.1. The van der Waals surface area contributed by atoms with Gasteiger partial charge in [0.05, 0.1) is 6.54 Å². The van der Waals surface area contributed by atoms with Crippen LogP contribution in [0.1, 0.15) is 26.2 Å². The molecule has 15 heavy (non-hydrogen) atoms. The second kappa shape index (κ2) is 4.29. The Hall–Kier alpha value is -0.290. The van der Waals surface area contributed by atoms with Gasteiger partial charge in [-0.3, -0.25) is 4.90 Å². The standard InChI is InChI=1S/C10H19F3N2/c1-9(5-3-4-8(9)14)6-15(2)7-10(11,12)13/h8H,3-7,14H2,1-2H3. The third-order valence-electron chi connectivity index (χ3n) is 3.24. The molecule has 0 aromatic carbocycles. The first-order valence-electron chi connectivity index (χ1n) is 5.24. The fourth-order valence-electron chi connectivity index (χ4n) is 2.43. The van der Waals surface area contributed by atoms with Crippen molar-refractivity contribution in [1.82, 2.24) is 4.90 Å². The zero-order valence-corrected chi connectivity index (χ0v) is 9.27. The van der Waals surface area contributed by atoms with Crippen molar-refractivity contribution in [2.75, 3.05) is 20.1 Å². The molecule has 2 N–H and O–H groups in total. The van der Waals surface area contributed by atoms with Crippen LogP contribution >= 0.6 is 0 Å². The molecule has 1 saturated carbocycles. The summed E-state index contributed by atoms with van der Waals surface area (Å²) in [5.41, 5.74) is 5.76. The van der Waals surface area contributed by atoms with Gasteiger partial charge in [0.25, 0.3) is 0 Å². The molecule has 1 rings (SSSR count). The number of hydrogen-bond acceptors (Lipinski definition) is 2. The third kappa shape index (κ3) is 3.65. The van der Waals surface area contributed by atoms with Gasteiger partial charge in [-0.2, -0.15) is 13.2 Å². The first-order chi connectivity index (χ1) is 6.73. The highest BCUT2D eigenvalue weighted by molar-refractivity contribution is 4.93. The van der Waals surface area contributed by atoms with Gasteiger partial charge in [0.1, 0.15) is 0 Å². The average molecular weight is 224 g/mol. The van der Waals surface area contributed by atoms with Gasteiger partial charge in [-0.25, -0.2) is 0 Å². The Labute approximate surface area is 88.6 Å². The summed E-state index contributed by atoms with van der Waals surface area (Å²) in [5, 5.41) is 0. The van der Waals surface area contributed by atoms with Gasteiger partial charge in [0.15, 0.2) is 0 Å². The molecule has 0 aromatic rings. The molecule has 5 heteroatoms. The molecule has 0 bridgehead atoms. The fourth-order valence-corrected chi connectivity index (χ4v) is 2.43. The molecule has 1 fully saturated rings. The normalized spacial score (nSPS) is 32.6. The maximum absolute atomic E-state index is 12.1. The Morgan fingerprint density at radius 3 is 2.47 bits per heavy atom. The van der Waals surface area contributed by atoms with E-state index in [9.17, 15) is 13.2 Å². The van der Waals surface area contributed by atoms with E-state index in [1.807, 2.05) is 6.92 Å². The van der Waals surface area contributed by atoms with Crippen LogP contribution in [0.5, 0.6) is 0 Å². The van der Waals surface area contributed by atoms with Crippen molar-refractivity contribution in [3.8, 4) is 0 Å². The molecule has 2 unspecified atom stereocenters. The van der Waals surface area contributed by atoms with E-state index in [0.29, 0.717) is 6.54 Å². The minimum absolute atomic E-state index is 0.0354. The Morgan fingerprint density at radius 2 is 2.07 bits per heavy atom. The minimum Gasteiger partial charge on any atom is -0.327 e. The summed E-state index contributed by atoms with van der Waals surface area (Å²) in [6.07, 6.45) is -1.24. The topological polar surface area (TPSA) is 29.3 Å². The van der Waals surface area contributed by atoms with Crippen molar-refractivity contribution in [3.63, 3.8) is 0 Å². The van der Waals surface area contributed by atoms with Crippen molar-refractivity contribution in [3.05, 3.63) is 0 Å². The van der Waals surface area contributed by atoms with Crippen molar-refractivity contribution in [2.45, 2.75) is 38.4 Å². The van der Waals surface area contributed by atoms with E-state index in [1.165, 1.54) is 11.9 Å². The van der Waals surface area contributed by atoms with Gasteiger partial charge in [-0.15, -0.1) is 0 Å². The first kappa shape index (κ1) is 12.8. The molecule has 0 saturated heterocycles. The van der Waals surface area contributed by atoms with Gasteiger partial charge >= 0.3 is 6.18 Å². The highest BCUT2D eigenvalue weighted by atomic mass is 19.4. The van der Waals surface area contributed by atoms with Gasteiger partial charge in [-0.05, 0) is 25.3 Å². The van der Waals surface area contributed by atoms with Gasteiger partial charge < -0.3 is 5.73 Å². The largest absolute Gasteiger partial charge is 0.401 e. The van der Waals surface area contributed by atoms with Crippen LogP contribution in [0.25, 0.3) is 0 Å². The minimum atomic E-state index is -4.12. The van der Waals surface area contributed by atoms with Gasteiger partial charge in [0, 0.05) is 12.6 Å². The summed E-state index contributed by atoms with van der Waals surface area (Å²) in [6.45, 7) is 1.56. The second-order valence-electron chi connectivity index (χ2n) is 4.94. The van der Waals surface area contributed by atoms with E-state index in [2.05, 4.69) is 0 Å². The SMILES string of the molecule is CN(CC(F)(F)F)CC1(C)CCCC1N. The molecule has 0 heterocycles. The summed E-state index contributed by atoms with van der Waals surface area (Å²) in [5.74, 6) is 0. The lowest BCUT2D eigenvalue weighted by atomic mass is 9.85. The fraction of sp³-hybridized carbons (Fsp3) is 1.00. The predicted molar refractivity (Wildman–Crippen MR) is 53.5 cm³/mol. The molecular weight excluding hydrogens is 205 g/mol. The van der Waals surface area contributed by atoms with Crippen LogP contribution in [0.3, 0.4) is 0 Å². The molecule has 0 aromatic heterocycles. The summed E-state index contributed by atoms with van der Waals surface area (Å²) in [7, 11) is 1.50. The molecule has 1 aliphatic carbocycles. The van der Waals surface area contributed by atoms with Gasteiger partial charge in [-0.1, -0.05) is 13.3 Å². The van der Waals surface area contributed by atoms with Crippen molar-refractivity contribution < 1.29 is 13.2 Å². The summed E-state index contributed by atoms with van der Waals surface area (Å²) in [6, 6.07) is 0.0354. The van der Waals surface area contributed by atoms with Crippen LogP contribution in [0.4, 0.5) is 13.2 Å². The highest BCUT2D eigenvalue weighted by Gasteiger charge is 2.39. The zero-order chi connectivity index (χ0) is 11.7. The zero-order valence-electron chi connectivity index (χ0n) is 9.27. The molecule has 0 radical (unpaired) electrons. The van der Waals surface area contributed by atoms with E-state index in [1.54, 1.807) is 0 Å². The Bertz CT molecular complexity index is 217. The molecule has 0 aliphatic heterocycles. The van der Waals surface area contributed by atoms with Crippen LogP contribution in [0, 0.1) is 5.41 Å². The number of nitrogens with two attached hydrogens (primary N) is 1. The smallest absolute Gasteiger partial charge is 0.327 e. The van der Waals surface area contributed by atoms with Crippen LogP contribution < -0.4 is 5.73 Å². The van der Waals surface area contributed by atoms with Crippen LogP contribution in [0.2, 0.25) is 0 Å². The number of halogens is 3. The van der Waals surface area contributed by atoms with E-state index in [-0.39, 0.29) is 11.5 Å². The molecule has 0 amide bonds. The Balaban J connectivity index is 2.47. The summed E-state index contributed by atoms with van der Waals surface area (Å²) >= 11 is 0. The highest BCUT2D eigenvalue weighted by Crippen LogP contribution is 2.37. The number of nitrogens with zero attached hydrogens (tertiary/aromatic N) is 1. The van der Waals surface area contributed by atoms with Crippen LogP contribution in [-0.4, -0.2) is 37.3 Å². The predicted octanol–water partition coefficient (Wildman–Crippen LogP) is 2.00. The van der Waals surface area contributed by atoms with Crippen molar-refractivity contribution in [2.24, 2.45) is 11.1 Å². The van der Waals surface area contributed by atoms with Crippen molar-refractivity contribution >= 4 is 0 Å².